The standard InChI is InChI=1S/C20H27N3O3/c1-18(2)25-12-19(13-26-18)9-8-17(10-16-6-4-3-5-7-16)20(19,24)11-23-15-21-14-22-23/h3-7,14-15,17,24H,8-13H2,1-2H3. The zero-order chi connectivity index (χ0) is 18.3. The van der Waals surface area contributed by atoms with Gasteiger partial charge in [-0.15, -0.1) is 0 Å². The summed E-state index contributed by atoms with van der Waals surface area (Å²) in [5, 5.41) is 16.2. The van der Waals surface area contributed by atoms with Crippen LogP contribution in [-0.4, -0.2) is 44.5 Å². The number of aromatic nitrogens is 3. The van der Waals surface area contributed by atoms with E-state index < -0.39 is 16.8 Å². The van der Waals surface area contributed by atoms with Gasteiger partial charge in [0.1, 0.15) is 12.7 Å². The van der Waals surface area contributed by atoms with E-state index in [1.807, 2.05) is 32.0 Å². The number of hydrogen-bond acceptors (Lipinski definition) is 5. The Bertz CT molecular complexity index is 722. The Labute approximate surface area is 154 Å². The van der Waals surface area contributed by atoms with E-state index in [1.165, 1.54) is 11.9 Å². The predicted octanol–water partition coefficient (Wildman–Crippen LogP) is 2.43. The first-order valence-electron chi connectivity index (χ1n) is 9.29. The quantitative estimate of drug-likeness (QED) is 0.910. The molecule has 0 bridgehead atoms. The molecule has 2 atom stereocenters. The average molecular weight is 357 g/mol. The number of rotatable bonds is 4. The van der Waals surface area contributed by atoms with E-state index in [1.54, 1.807) is 11.0 Å². The molecule has 1 aromatic heterocycles. The summed E-state index contributed by atoms with van der Waals surface area (Å²) in [7, 11) is 0. The highest BCUT2D eigenvalue weighted by molar-refractivity contribution is 5.19. The lowest BCUT2D eigenvalue weighted by Crippen LogP contribution is -2.60. The van der Waals surface area contributed by atoms with Crippen molar-refractivity contribution in [2.75, 3.05) is 13.2 Å². The predicted molar refractivity (Wildman–Crippen MR) is 96.3 cm³/mol. The fourth-order valence-electron chi connectivity index (χ4n) is 4.47. The van der Waals surface area contributed by atoms with Crippen LogP contribution in [0.25, 0.3) is 0 Å². The number of benzene rings is 1. The summed E-state index contributed by atoms with van der Waals surface area (Å²) in [6.45, 7) is 5.24. The van der Waals surface area contributed by atoms with Crippen molar-refractivity contribution in [1.29, 1.82) is 0 Å². The van der Waals surface area contributed by atoms with Gasteiger partial charge >= 0.3 is 0 Å². The largest absolute Gasteiger partial charge is 0.387 e. The Hall–Kier alpha value is -1.76. The van der Waals surface area contributed by atoms with Gasteiger partial charge in [0.15, 0.2) is 5.79 Å². The summed E-state index contributed by atoms with van der Waals surface area (Å²) in [5.41, 5.74) is -0.148. The molecule has 4 rings (SSSR count). The van der Waals surface area contributed by atoms with Gasteiger partial charge in [0.2, 0.25) is 0 Å². The lowest BCUT2D eigenvalue weighted by molar-refractivity contribution is -0.313. The minimum Gasteiger partial charge on any atom is -0.387 e. The molecular formula is C20H27N3O3. The molecular weight excluding hydrogens is 330 g/mol. The molecule has 6 heteroatoms. The Kier molecular flexibility index (Phi) is 4.37. The van der Waals surface area contributed by atoms with Gasteiger partial charge in [-0.3, -0.25) is 4.68 Å². The zero-order valence-corrected chi connectivity index (χ0v) is 15.5. The number of aliphatic hydroxyl groups is 1. The second-order valence-corrected chi connectivity index (χ2v) is 8.20. The molecule has 1 N–H and O–H groups in total. The van der Waals surface area contributed by atoms with E-state index in [2.05, 4.69) is 22.2 Å². The summed E-state index contributed by atoms with van der Waals surface area (Å²) in [5.74, 6) is -0.487. The first-order valence-corrected chi connectivity index (χ1v) is 9.29. The second kappa shape index (κ2) is 6.44. The van der Waals surface area contributed by atoms with Crippen LogP contribution in [-0.2, 0) is 22.4 Å². The van der Waals surface area contributed by atoms with Crippen molar-refractivity contribution in [2.24, 2.45) is 11.3 Å². The summed E-state index contributed by atoms with van der Waals surface area (Å²) in [4.78, 5) is 4.04. The minimum atomic E-state index is -0.965. The molecule has 26 heavy (non-hydrogen) atoms. The monoisotopic (exact) mass is 357 g/mol. The van der Waals surface area contributed by atoms with E-state index in [-0.39, 0.29) is 5.92 Å². The third kappa shape index (κ3) is 3.06. The molecule has 1 saturated carbocycles. The Morgan fingerprint density at radius 1 is 1.19 bits per heavy atom. The molecule has 2 unspecified atom stereocenters. The lowest BCUT2D eigenvalue weighted by Gasteiger charge is -2.50. The molecule has 2 aromatic rings. The molecule has 1 aliphatic heterocycles. The summed E-state index contributed by atoms with van der Waals surface area (Å²) >= 11 is 0. The molecule has 6 nitrogen and oxygen atoms in total. The number of hydrogen-bond donors (Lipinski definition) is 1. The summed E-state index contributed by atoms with van der Waals surface area (Å²) in [6, 6.07) is 10.4. The third-order valence-corrected chi connectivity index (χ3v) is 6.15. The average Bonchev–Trinajstić information content (AvgIpc) is 3.21. The first-order chi connectivity index (χ1) is 12.4. The topological polar surface area (TPSA) is 69.4 Å². The van der Waals surface area contributed by atoms with E-state index in [9.17, 15) is 5.11 Å². The van der Waals surface area contributed by atoms with Gasteiger partial charge in [0.05, 0.1) is 25.4 Å². The molecule has 2 heterocycles. The van der Waals surface area contributed by atoms with Gasteiger partial charge in [0.25, 0.3) is 0 Å². The van der Waals surface area contributed by atoms with Crippen LogP contribution in [0.3, 0.4) is 0 Å². The maximum atomic E-state index is 12.0. The van der Waals surface area contributed by atoms with Crippen LogP contribution in [0.5, 0.6) is 0 Å². The Balaban J connectivity index is 1.64. The Morgan fingerprint density at radius 3 is 2.58 bits per heavy atom. The van der Waals surface area contributed by atoms with Crippen LogP contribution in [0.1, 0.15) is 32.3 Å². The van der Waals surface area contributed by atoms with Gasteiger partial charge in [-0.2, -0.15) is 5.10 Å². The van der Waals surface area contributed by atoms with Gasteiger partial charge < -0.3 is 14.6 Å². The Morgan fingerprint density at radius 2 is 1.92 bits per heavy atom. The van der Waals surface area contributed by atoms with E-state index >= 15 is 0 Å². The molecule has 0 amide bonds. The maximum Gasteiger partial charge on any atom is 0.162 e. The number of nitrogens with zero attached hydrogens (tertiary/aromatic N) is 3. The van der Waals surface area contributed by atoms with Crippen molar-refractivity contribution in [3.63, 3.8) is 0 Å². The van der Waals surface area contributed by atoms with E-state index in [0.717, 1.165) is 19.3 Å². The first kappa shape index (κ1) is 17.6. The van der Waals surface area contributed by atoms with Crippen LogP contribution < -0.4 is 0 Å². The van der Waals surface area contributed by atoms with E-state index in [4.69, 9.17) is 9.47 Å². The highest BCUT2D eigenvalue weighted by Gasteiger charge is 2.62. The van der Waals surface area contributed by atoms with Crippen LogP contribution in [0.15, 0.2) is 43.0 Å². The van der Waals surface area contributed by atoms with Crippen molar-refractivity contribution in [2.45, 2.75) is 51.0 Å². The highest BCUT2D eigenvalue weighted by atomic mass is 16.7. The summed E-state index contributed by atoms with van der Waals surface area (Å²) in [6.07, 6.45) is 5.82. The van der Waals surface area contributed by atoms with Crippen molar-refractivity contribution in [3.05, 3.63) is 48.5 Å². The van der Waals surface area contributed by atoms with Crippen molar-refractivity contribution in [3.8, 4) is 0 Å². The van der Waals surface area contributed by atoms with Crippen LogP contribution in [0.2, 0.25) is 0 Å². The van der Waals surface area contributed by atoms with Gasteiger partial charge in [-0.1, -0.05) is 30.3 Å². The molecule has 140 valence electrons. The normalized spacial score (nSPS) is 29.9. The van der Waals surface area contributed by atoms with Gasteiger partial charge in [0, 0.05) is 5.41 Å². The van der Waals surface area contributed by atoms with E-state index in [0.29, 0.717) is 19.8 Å². The van der Waals surface area contributed by atoms with Crippen molar-refractivity contribution < 1.29 is 14.6 Å². The molecule has 1 aromatic carbocycles. The third-order valence-electron chi connectivity index (χ3n) is 6.15. The zero-order valence-electron chi connectivity index (χ0n) is 15.5. The van der Waals surface area contributed by atoms with Crippen molar-refractivity contribution in [1.82, 2.24) is 14.8 Å². The van der Waals surface area contributed by atoms with Crippen molar-refractivity contribution >= 4 is 0 Å². The summed E-state index contributed by atoms with van der Waals surface area (Å²) < 4.78 is 13.7. The SMILES string of the molecule is CC1(C)OCC2(CCC(Cc3ccccc3)C2(O)Cn2cncn2)CO1. The fraction of sp³-hybridized carbons (Fsp3) is 0.600. The lowest BCUT2D eigenvalue weighted by atomic mass is 9.70. The second-order valence-electron chi connectivity index (χ2n) is 8.20. The van der Waals surface area contributed by atoms with Gasteiger partial charge in [-0.05, 0) is 44.6 Å². The molecule has 1 spiro atoms. The number of ether oxygens (including phenoxy) is 2. The molecule has 2 aliphatic rings. The van der Waals surface area contributed by atoms with Crippen LogP contribution in [0, 0.1) is 11.3 Å². The highest BCUT2D eigenvalue weighted by Crippen LogP contribution is 2.54. The minimum absolute atomic E-state index is 0.113. The van der Waals surface area contributed by atoms with Crippen LogP contribution >= 0.6 is 0 Å². The molecule has 1 saturated heterocycles. The van der Waals surface area contributed by atoms with Gasteiger partial charge in [-0.25, -0.2) is 4.98 Å². The smallest absolute Gasteiger partial charge is 0.162 e. The van der Waals surface area contributed by atoms with Crippen LogP contribution in [0.4, 0.5) is 0 Å². The molecule has 0 radical (unpaired) electrons. The molecule has 2 fully saturated rings. The molecule has 1 aliphatic carbocycles. The fourth-order valence-corrected chi connectivity index (χ4v) is 4.47. The maximum absolute atomic E-state index is 12.0.